The molecule has 0 aromatic carbocycles. The van der Waals surface area contributed by atoms with Crippen molar-refractivity contribution >= 4 is 6.21 Å². The van der Waals surface area contributed by atoms with Crippen molar-refractivity contribution in [2.75, 3.05) is 7.11 Å². The Labute approximate surface area is 69.4 Å². The SMILES string of the molecule is CO/N=C\C(C)[C@@H](C)C(F)(F)F. The summed E-state index contributed by atoms with van der Waals surface area (Å²) >= 11 is 0. The molecule has 0 aliphatic rings. The van der Waals surface area contributed by atoms with E-state index >= 15 is 0 Å². The first-order valence-corrected chi connectivity index (χ1v) is 3.53. The van der Waals surface area contributed by atoms with Crippen LogP contribution in [0, 0.1) is 11.8 Å². The molecule has 1 unspecified atom stereocenters. The van der Waals surface area contributed by atoms with Crippen molar-refractivity contribution in [2.45, 2.75) is 20.0 Å². The zero-order valence-electron chi connectivity index (χ0n) is 7.22. The van der Waals surface area contributed by atoms with E-state index in [9.17, 15) is 13.2 Å². The van der Waals surface area contributed by atoms with Crippen molar-refractivity contribution in [3.05, 3.63) is 0 Å². The van der Waals surface area contributed by atoms with Gasteiger partial charge in [0.05, 0.1) is 5.92 Å². The van der Waals surface area contributed by atoms with E-state index < -0.39 is 18.0 Å². The molecule has 0 N–H and O–H groups in total. The van der Waals surface area contributed by atoms with Gasteiger partial charge in [-0.05, 0) is 0 Å². The molecule has 0 amide bonds. The Kier molecular flexibility index (Phi) is 4.06. The molecule has 0 saturated carbocycles. The van der Waals surface area contributed by atoms with Gasteiger partial charge in [-0.2, -0.15) is 13.2 Å². The summed E-state index contributed by atoms with van der Waals surface area (Å²) in [6, 6.07) is 0. The zero-order chi connectivity index (χ0) is 9.78. The number of nitrogens with zero attached hydrogens (tertiary/aromatic N) is 1. The Hall–Kier alpha value is -0.740. The third-order valence-electron chi connectivity index (χ3n) is 1.71. The second-order valence-electron chi connectivity index (χ2n) is 2.63. The first-order valence-electron chi connectivity index (χ1n) is 3.53. The summed E-state index contributed by atoms with van der Waals surface area (Å²) in [4.78, 5) is 4.28. The maximum atomic E-state index is 12.0. The fourth-order valence-corrected chi connectivity index (χ4v) is 0.584. The molecule has 0 heterocycles. The van der Waals surface area contributed by atoms with Gasteiger partial charge in [-0.1, -0.05) is 19.0 Å². The fraction of sp³-hybridized carbons (Fsp3) is 0.857. The molecule has 0 radical (unpaired) electrons. The molecule has 0 fully saturated rings. The maximum Gasteiger partial charge on any atom is 0.392 e. The van der Waals surface area contributed by atoms with Gasteiger partial charge in [-0.25, -0.2) is 0 Å². The molecule has 0 aromatic rings. The number of hydrogen-bond acceptors (Lipinski definition) is 2. The summed E-state index contributed by atoms with van der Waals surface area (Å²) in [5, 5.41) is 3.28. The summed E-state index contributed by atoms with van der Waals surface area (Å²) in [7, 11) is 1.29. The van der Waals surface area contributed by atoms with Gasteiger partial charge in [0.15, 0.2) is 0 Å². The van der Waals surface area contributed by atoms with Gasteiger partial charge < -0.3 is 4.84 Å². The Balaban J connectivity index is 4.10. The molecule has 2 atom stereocenters. The van der Waals surface area contributed by atoms with Crippen LogP contribution in [0.2, 0.25) is 0 Å². The van der Waals surface area contributed by atoms with Crippen LogP contribution in [0.1, 0.15) is 13.8 Å². The van der Waals surface area contributed by atoms with Crippen molar-refractivity contribution in [1.82, 2.24) is 0 Å². The number of hydrogen-bond donors (Lipinski definition) is 0. The Morgan fingerprint density at radius 3 is 2.17 bits per heavy atom. The summed E-state index contributed by atoms with van der Waals surface area (Å²) in [6.45, 7) is 2.56. The lowest BCUT2D eigenvalue weighted by Crippen LogP contribution is -2.26. The molecule has 0 spiro atoms. The minimum Gasteiger partial charge on any atom is -0.399 e. The van der Waals surface area contributed by atoms with Crippen LogP contribution in [0.4, 0.5) is 13.2 Å². The van der Waals surface area contributed by atoms with Gasteiger partial charge in [-0.15, -0.1) is 0 Å². The quantitative estimate of drug-likeness (QED) is 0.486. The molecule has 0 bridgehead atoms. The van der Waals surface area contributed by atoms with Crippen LogP contribution in [-0.2, 0) is 4.84 Å². The lowest BCUT2D eigenvalue weighted by Gasteiger charge is -2.18. The summed E-state index contributed by atoms with van der Waals surface area (Å²) in [5.74, 6) is -2.05. The van der Waals surface area contributed by atoms with Crippen molar-refractivity contribution in [2.24, 2.45) is 17.0 Å². The van der Waals surface area contributed by atoms with Crippen molar-refractivity contribution < 1.29 is 18.0 Å². The van der Waals surface area contributed by atoms with Gasteiger partial charge in [0.2, 0.25) is 0 Å². The van der Waals surface area contributed by atoms with Crippen LogP contribution in [-0.4, -0.2) is 19.5 Å². The summed E-state index contributed by atoms with van der Waals surface area (Å²) in [5.41, 5.74) is 0. The van der Waals surface area contributed by atoms with E-state index in [2.05, 4.69) is 9.99 Å². The summed E-state index contributed by atoms with van der Waals surface area (Å²) < 4.78 is 36.1. The lowest BCUT2D eigenvalue weighted by atomic mass is 9.97. The monoisotopic (exact) mass is 183 g/mol. The number of oxime groups is 1. The first kappa shape index (κ1) is 11.3. The molecule has 72 valence electrons. The average molecular weight is 183 g/mol. The van der Waals surface area contributed by atoms with Crippen LogP contribution >= 0.6 is 0 Å². The highest BCUT2D eigenvalue weighted by atomic mass is 19.4. The molecule has 0 aliphatic heterocycles. The summed E-state index contributed by atoms with van der Waals surface area (Å²) in [6.07, 6.45) is -3.02. The molecular formula is C7H12F3NO. The van der Waals surface area contributed by atoms with Gasteiger partial charge in [-0.3, -0.25) is 0 Å². The van der Waals surface area contributed by atoms with Crippen molar-refractivity contribution in [3.8, 4) is 0 Å². The standard InChI is InChI=1S/C7H12F3NO/c1-5(4-11-12-3)6(2)7(8,9)10/h4-6H,1-3H3/b11-4-/t5?,6-/m1/s1. The van der Waals surface area contributed by atoms with E-state index in [1.807, 2.05) is 0 Å². The van der Waals surface area contributed by atoms with Gasteiger partial charge >= 0.3 is 6.18 Å². The molecule has 0 aromatic heterocycles. The van der Waals surface area contributed by atoms with Gasteiger partial charge in [0.25, 0.3) is 0 Å². The van der Waals surface area contributed by atoms with E-state index in [0.717, 1.165) is 13.1 Å². The van der Waals surface area contributed by atoms with E-state index in [0.29, 0.717) is 0 Å². The molecule has 5 heteroatoms. The van der Waals surface area contributed by atoms with Crippen LogP contribution in [0.5, 0.6) is 0 Å². The van der Waals surface area contributed by atoms with E-state index in [1.54, 1.807) is 0 Å². The second kappa shape index (κ2) is 4.33. The lowest BCUT2D eigenvalue weighted by molar-refractivity contribution is -0.175. The minimum absolute atomic E-state index is 0.662. The molecule has 0 aliphatic carbocycles. The second-order valence-corrected chi connectivity index (χ2v) is 2.63. The number of halogens is 3. The Morgan fingerprint density at radius 1 is 1.33 bits per heavy atom. The predicted molar refractivity (Wildman–Crippen MR) is 39.9 cm³/mol. The Bertz CT molecular complexity index is 155. The molecule has 0 rings (SSSR count). The Morgan fingerprint density at radius 2 is 1.83 bits per heavy atom. The molecule has 12 heavy (non-hydrogen) atoms. The fourth-order valence-electron chi connectivity index (χ4n) is 0.584. The van der Waals surface area contributed by atoms with E-state index in [1.165, 1.54) is 14.0 Å². The predicted octanol–water partition coefficient (Wildman–Crippen LogP) is 2.45. The zero-order valence-corrected chi connectivity index (χ0v) is 7.22. The van der Waals surface area contributed by atoms with Gasteiger partial charge in [0.1, 0.15) is 7.11 Å². The smallest absolute Gasteiger partial charge is 0.392 e. The van der Waals surface area contributed by atoms with Crippen molar-refractivity contribution in [1.29, 1.82) is 0 Å². The van der Waals surface area contributed by atoms with E-state index in [4.69, 9.17) is 0 Å². The van der Waals surface area contributed by atoms with Crippen LogP contribution < -0.4 is 0 Å². The number of rotatable bonds is 3. The maximum absolute atomic E-state index is 12.0. The van der Waals surface area contributed by atoms with E-state index in [-0.39, 0.29) is 0 Å². The average Bonchev–Trinajstić information content (AvgIpc) is 1.97. The highest BCUT2D eigenvalue weighted by Gasteiger charge is 2.38. The third kappa shape index (κ3) is 3.59. The van der Waals surface area contributed by atoms with Gasteiger partial charge in [0, 0.05) is 12.1 Å². The molecule has 2 nitrogen and oxygen atoms in total. The van der Waals surface area contributed by atoms with Crippen molar-refractivity contribution in [3.63, 3.8) is 0 Å². The van der Waals surface area contributed by atoms with Crippen LogP contribution in [0.3, 0.4) is 0 Å². The highest BCUT2D eigenvalue weighted by Crippen LogP contribution is 2.30. The topological polar surface area (TPSA) is 21.6 Å². The largest absolute Gasteiger partial charge is 0.399 e. The number of alkyl halides is 3. The van der Waals surface area contributed by atoms with Crippen LogP contribution in [0.25, 0.3) is 0 Å². The minimum atomic E-state index is -4.17. The first-order chi connectivity index (χ1) is 5.39. The normalized spacial score (nSPS) is 17.8. The third-order valence-corrected chi connectivity index (χ3v) is 1.71. The molecular weight excluding hydrogens is 171 g/mol. The highest BCUT2D eigenvalue weighted by molar-refractivity contribution is 5.59. The molecule has 0 saturated heterocycles. The van der Waals surface area contributed by atoms with Crippen LogP contribution in [0.15, 0.2) is 5.16 Å².